The highest BCUT2D eigenvalue weighted by molar-refractivity contribution is 5.60. The molecule has 0 aliphatic carbocycles. The van der Waals surface area contributed by atoms with Crippen molar-refractivity contribution in [2.45, 2.75) is 45.4 Å². The van der Waals surface area contributed by atoms with E-state index in [0.717, 1.165) is 12.8 Å². The molecule has 0 unspecified atom stereocenters. The molecule has 118 valence electrons. The number of unbranched alkanes of at least 4 members (excludes halogenated alkanes) is 5. The fourth-order valence-electron chi connectivity index (χ4n) is 1.57. The number of nitrogens with zero attached hydrogens (tertiary/aromatic N) is 1. The molecule has 0 aliphatic heterocycles. The minimum absolute atomic E-state index is 0.343. The van der Waals surface area contributed by atoms with E-state index in [2.05, 4.69) is 21.8 Å². The van der Waals surface area contributed by atoms with Gasteiger partial charge in [0.05, 0.1) is 0 Å². The predicted molar refractivity (Wildman–Crippen MR) is 80.2 cm³/mol. The van der Waals surface area contributed by atoms with Gasteiger partial charge in [0.1, 0.15) is 12.4 Å². The molecule has 0 saturated carbocycles. The second-order valence-electron chi connectivity index (χ2n) is 4.36. The van der Waals surface area contributed by atoms with Crippen molar-refractivity contribution in [2.75, 3.05) is 6.61 Å². The number of carbonyl (C=O) groups is 1. The van der Waals surface area contributed by atoms with Gasteiger partial charge in [0, 0.05) is 0 Å². The highest BCUT2D eigenvalue weighted by Crippen LogP contribution is 2.07. The maximum absolute atomic E-state index is 9.95. The third-order valence-corrected chi connectivity index (χ3v) is 2.59. The quantitative estimate of drug-likeness (QED) is 0.233. The molecule has 1 aromatic carbocycles. The molecule has 1 aromatic rings. The predicted octanol–water partition coefficient (Wildman–Crippen LogP) is 4.79. The van der Waals surface area contributed by atoms with Gasteiger partial charge < -0.3 is 14.7 Å². The zero-order valence-corrected chi connectivity index (χ0v) is 12.4. The zero-order chi connectivity index (χ0) is 15.8. The smallest absolute Gasteiger partial charge is 0.449 e. The SMILES string of the molecule is CCCCCCCCON=O.O=C(O)Oc1ccccc1. The summed E-state index contributed by atoms with van der Waals surface area (Å²) in [5.74, 6) is 0.343. The van der Waals surface area contributed by atoms with Crippen LogP contribution in [-0.2, 0) is 4.84 Å². The van der Waals surface area contributed by atoms with Crippen molar-refractivity contribution in [2.24, 2.45) is 5.34 Å². The lowest BCUT2D eigenvalue weighted by molar-refractivity contribution is 0.135. The summed E-state index contributed by atoms with van der Waals surface area (Å²) in [6, 6.07) is 8.35. The zero-order valence-electron chi connectivity index (χ0n) is 12.4. The van der Waals surface area contributed by atoms with Gasteiger partial charge in [0.15, 0.2) is 5.34 Å². The van der Waals surface area contributed by atoms with Gasteiger partial charge in [-0.05, 0) is 25.0 Å². The Morgan fingerprint density at radius 2 is 1.71 bits per heavy atom. The molecule has 0 spiro atoms. The summed E-state index contributed by atoms with van der Waals surface area (Å²) in [7, 11) is 0. The maximum Gasteiger partial charge on any atom is 0.511 e. The molecule has 6 nitrogen and oxygen atoms in total. The number of carboxylic acid groups (broad SMARTS) is 1. The Labute approximate surface area is 125 Å². The van der Waals surface area contributed by atoms with E-state index in [0.29, 0.717) is 12.4 Å². The van der Waals surface area contributed by atoms with Crippen LogP contribution in [0.15, 0.2) is 35.7 Å². The Bertz CT molecular complexity index is 370. The van der Waals surface area contributed by atoms with Crippen LogP contribution in [0.25, 0.3) is 0 Å². The van der Waals surface area contributed by atoms with E-state index in [9.17, 15) is 9.70 Å². The van der Waals surface area contributed by atoms with Gasteiger partial charge in [-0.1, -0.05) is 50.8 Å². The summed E-state index contributed by atoms with van der Waals surface area (Å²) in [6.07, 6.45) is 5.94. The van der Waals surface area contributed by atoms with Crippen molar-refractivity contribution in [3.8, 4) is 5.75 Å². The number of hydrogen-bond donors (Lipinski definition) is 1. The van der Waals surface area contributed by atoms with E-state index in [1.807, 2.05) is 0 Å². The minimum Gasteiger partial charge on any atom is -0.449 e. The Kier molecular flexibility index (Phi) is 12.9. The van der Waals surface area contributed by atoms with Crippen LogP contribution in [0.5, 0.6) is 5.75 Å². The number of rotatable bonds is 9. The van der Waals surface area contributed by atoms with E-state index in [1.54, 1.807) is 30.3 Å². The van der Waals surface area contributed by atoms with Crippen molar-refractivity contribution in [3.05, 3.63) is 35.2 Å². The highest BCUT2D eigenvalue weighted by Gasteiger charge is 1.96. The van der Waals surface area contributed by atoms with Gasteiger partial charge in [-0.2, -0.15) is 0 Å². The molecule has 0 aliphatic rings. The number of hydrogen-bond acceptors (Lipinski definition) is 5. The third-order valence-electron chi connectivity index (χ3n) is 2.59. The highest BCUT2D eigenvalue weighted by atomic mass is 16.7. The molecule has 0 aromatic heterocycles. The Morgan fingerprint density at radius 3 is 2.29 bits per heavy atom. The molecule has 0 bridgehead atoms. The lowest BCUT2D eigenvalue weighted by Crippen LogP contribution is -2.02. The third kappa shape index (κ3) is 14.1. The number of para-hydroxylation sites is 1. The summed E-state index contributed by atoms with van der Waals surface area (Å²) in [5, 5.41) is 10.5. The van der Waals surface area contributed by atoms with Crippen LogP contribution in [-0.4, -0.2) is 17.9 Å². The van der Waals surface area contributed by atoms with Crippen LogP contribution in [0.2, 0.25) is 0 Å². The molecule has 0 radical (unpaired) electrons. The minimum atomic E-state index is -1.29. The van der Waals surface area contributed by atoms with Crippen molar-refractivity contribution in [1.29, 1.82) is 0 Å². The first-order chi connectivity index (χ1) is 10.2. The summed E-state index contributed by atoms with van der Waals surface area (Å²) < 4.78 is 4.33. The van der Waals surface area contributed by atoms with Crippen LogP contribution in [0.3, 0.4) is 0 Å². The van der Waals surface area contributed by atoms with Crippen LogP contribution in [0.4, 0.5) is 4.79 Å². The Hall–Kier alpha value is -2.11. The molecule has 0 amide bonds. The van der Waals surface area contributed by atoms with Crippen molar-refractivity contribution in [1.82, 2.24) is 0 Å². The largest absolute Gasteiger partial charge is 0.511 e. The lowest BCUT2D eigenvalue weighted by Gasteiger charge is -1.97. The van der Waals surface area contributed by atoms with E-state index in [1.165, 1.54) is 25.7 Å². The van der Waals surface area contributed by atoms with Gasteiger partial charge in [-0.15, -0.1) is 4.91 Å². The van der Waals surface area contributed by atoms with E-state index >= 15 is 0 Å². The first-order valence-electron chi connectivity index (χ1n) is 7.11. The Balaban J connectivity index is 0.000000382. The standard InChI is InChI=1S/C8H17NO2.C7H6O3/c1-2-3-4-5-6-7-8-11-9-10;8-7(9)10-6-4-2-1-3-5-6/h2-8H2,1H3;1-5H,(H,8,9). The van der Waals surface area contributed by atoms with Gasteiger partial charge in [-0.25, -0.2) is 4.79 Å². The van der Waals surface area contributed by atoms with E-state index in [4.69, 9.17) is 5.11 Å². The number of ether oxygens (including phenoxy) is 1. The summed E-state index contributed by atoms with van der Waals surface area (Å²) in [5.41, 5.74) is 0. The molecule has 0 saturated heterocycles. The lowest BCUT2D eigenvalue weighted by atomic mass is 10.1. The van der Waals surface area contributed by atoms with Crippen molar-refractivity contribution < 1.29 is 19.5 Å². The summed E-state index contributed by atoms with van der Waals surface area (Å²) in [4.78, 5) is 23.7. The summed E-state index contributed by atoms with van der Waals surface area (Å²) in [6.45, 7) is 2.68. The molecule has 0 fully saturated rings. The molecule has 6 heteroatoms. The fourth-order valence-corrected chi connectivity index (χ4v) is 1.57. The first kappa shape index (κ1) is 18.9. The monoisotopic (exact) mass is 297 g/mol. The molecular weight excluding hydrogens is 274 g/mol. The van der Waals surface area contributed by atoms with Crippen LogP contribution < -0.4 is 4.74 Å². The second-order valence-corrected chi connectivity index (χ2v) is 4.36. The number of benzene rings is 1. The maximum atomic E-state index is 9.95. The van der Waals surface area contributed by atoms with Crippen LogP contribution >= 0.6 is 0 Å². The normalized spacial score (nSPS) is 9.19. The van der Waals surface area contributed by atoms with Gasteiger partial charge in [0.2, 0.25) is 0 Å². The van der Waals surface area contributed by atoms with E-state index < -0.39 is 6.16 Å². The van der Waals surface area contributed by atoms with E-state index in [-0.39, 0.29) is 0 Å². The van der Waals surface area contributed by atoms with Gasteiger partial charge in [0.25, 0.3) is 0 Å². The van der Waals surface area contributed by atoms with Crippen LogP contribution in [0.1, 0.15) is 45.4 Å². The first-order valence-corrected chi connectivity index (χ1v) is 7.11. The second kappa shape index (κ2) is 14.3. The molecular formula is C15H23NO5. The van der Waals surface area contributed by atoms with Gasteiger partial charge >= 0.3 is 6.16 Å². The van der Waals surface area contributed by atoms with Crippen molar-refractivity contribution in [3.63, 3.8) is 0 Å². The molecule has 0 atom stereocenters. The Morgan fingerprint density at radius 1 is 1.10 bits per heavy atom. The molecule has 1 rings (SSSR count). The average molecular weight is 297 g/mol. The molecule has 21 heavy (non-hydrogen) atoms. The van der Waals surface area contributed by atoms with Crippen LogP contribution in [0, 0.1) is 4.91 Å². The average Bonchev–Trinajstić information content (AvgIpc) is 2.47. The fraction of sp³-hybridized carbons (Fsp3) is 0.533. The van der Waals surface area contributed by atoms with Gasteiger partial charge in [-0.3, -0.25) is 0 Å². The molecule has 1 N–H and O–H groups in total. The summed E-state index contributed by atoms with van der Waals surface area (Å²) >= 11 is 0. The topological polar surface area (TPSA) is 85.2 Å². The molecule has 0 heterocycles. The van der Waals surface area contributed by atoms with Crippen molar-refractivity contribution >= 4 is 6.16 Å².